The number of carbonyl (C=O) groups is 1. The van der Waals surface area contributed by atoms with Gasteiger partial charge >= 0.3 is 5.97 Å². The minimum Gasteiger partial charge on any atom is -0.468 e. The zero-order valence-electron chi connectivity index (χ0n) is 22.1. The Morgan fingerprint density at radius 1 is 1.05 bits per heavy atom. The molecule has 7 heteroatoms. The molecule has 1 aromatic heterocycles. The number of carbonyl (C=O) groups excluding carboxylic acids is 1. The summed E-state index contributed by atoms with van der Waals surface area (Å²) < 4.78 is 28.7. The van der Waals surface area contributed by atoms with Crippen molar-refractivity contribution in [1.29, 1.82) is 0 Å². The maximum atomic E-state index is 12.2. The lowest BCUT2D eigenvalue weighted by Crippen LogP contribution is -2.30. The van der Waals surface area contributed by atoms with Crippen molar-refractivity contribution in [3.63, 3.8) is 0 Å². The van der Waals surface area contributed by atoms with E-state index in [1.165, 1.54) is 13.4 Å². The average Bonchev–Trinajstić information content (AvgIpc) is 2.91. The number of methoxy groups -OCH3 is 1. The normalized spacial score (nSPS) is 11.8. The monoisotopic (exact) mass is 528 g/mol. The molecule has 0 fully saturated rings. The maximum absolute atomic E-state index is 12.2. The number of anilines is 1. The Morgan fingerprint density at radius 2 is 1.79 bits per heavy atom. The summed E-state index contributed by atoms with van der Waals surface area (Å²) in [5.41, 5.74) is 5.57. The van der Waals surface area contributed by atoms with Crippen LogP contribution in [0.4, 0.5) is 5.69 Å². The molecule has 1 heterocycles. The number of aromatic nitrogens is 1. The highest BCUT2D eigenvalue weighted by Gasteiger charge is 2.20. The minimum absolute atomic E-state index is 0.0203. The van der Waals surface area contributed by atoms with Crippen molar-refractivity contribution in [2.45, 2.75) is 30.7 Å². The van der Waals surface area contributed by atoms with Gasteiger partial charge in [0.1, 0.15) is 6.54 Å². The highest BCUT2D eigenvalue weighted by molar-refractivity contribution is 7.90. The quantitative estimate of drug-likeness (QED) is 0.197. The Hall–Kier alpha value is -3.97. The molecule has 6 nitrogen and oxygen atoms in total. The van der Waals surface area contributed by atoms with Gasteiger partial charge in [-0.25, -0.2) is 8.42 Å². The molecule has 0 saturated heterocycles. The number of hydrogen-bond acceptors (Lipinski definition) is 6. The smallest absolute Gasteiger partial charge is 0.325 e. The zero-order valence-corrected chi connectivity index (χ0v) is 23.0. The van der Waals surface area contributed by atoms with Crippen molar-refractivity contribution in [3.8, 4) is 11.1 Å². The van der Waals surface area contributed by atoms with Crippen LogP contribution in [-0.2, 0) is 31.3 Å². The van der Waals surface area contributed by atoms with Gasteiger partial charge in [0.2, 0.25) is 0 Å². The number of fused-ring (bicyclic) bond motifs is 1. The predicted octanol–water partition coefficient (Wildman–Crippen LogP) is 5.95. The maximum Gasteiger partial charge on any atom is 0.325 e. The van der Waals surface area contributed by atoms with E-state index in [4.69, 9.17) is 4.74 Å². The number of rotatable bonds is 9. The molecular weight excluding hydrogens is 496 g/mol. The van der Waals surface area contributed by atoms with Gasteiger partial charge in [-0.05, 0) is 65.2 Å². The van der Waals surface area contributed by atoms with E-state index in [1.54, 1.807) is 30.5 Å². The number of nitrogens with zero attached hydrogens (tertiary/aromatic N) is 2. The van der Waals surface area contributed by atoms with Crippen LogP contribution in [0.1, 0.15) is 25.0 Å². The molecule has 38 heavy (non-hydrogen) atoms. The lowest BCUT2D eigenvalue weighted by molar-refractivity contribution is -0.139. The molecule has 0 unspecified atom stereocenters. The standard InChI is InChI=1S/C31H32N2O4S/c1-6-31(2,3)25-18-24-11-8-16-32-30(24)28(19-25)23-10-7-9-22(17-23)20-33(21-29(34)37-4)26-12-14-27(15-13-26)38(5,35)36/h6-19H,1,20-21H2,2-5H3. The fourth-order valence-corrected chi connectivity index (χ4v) is 4.95. The van der Waals surface area contributed by atoms with E-state index in [-0.39, 0.29) is 22.8 Å². The first-order chi connectivity index (χ1) is 18.0. The predicted molar refractivity (Wildman–Crippen MR) is 153 cm³/mol. The molecule has 3 aromatic carbocycles. The van der Waals surface area contributed by atoms with Crippen molar-refractivity contribution < 1.29 is 17.9 Å². The van der Waals surface area contributed by atoms with E-state index in [0.717, 1.165) is 38.8 Å². The number of pyridine rings is 1. The summed E-state index contributed by atoms with van der Waals surface area (Å²) >= 11 is 0. The van der Waals surface area contributed by atoms with Gasteiger partial charge in [0.05, 0.1) is 17.5 Å². The van der Waals surface area contributed by atoms with Crippen molar-refractivity contribution >= 4 is 32.4 Å². The topological polar surface area (TPSA) is 76.6 Å². The fourth-order valence-electron chi connectivity index (χ4n) is 4.32. The number of allylic oxidation sites excluding steroid dienone is 1. The van der Waals surface area contributed by atoms with Gasteiger partial charge in [-0.2, -0.15) is 0 Å². The first-order valence-corrected chi connectivity index (χ1v) is 14.1. The van der Waals surface area contributed by atoms with Crippen LogP contribution in [-0.4, -0.2) is 39.3 Å². The summed E-state index contributed by atoms with van der Waals surface area (Å²) in [4.78, 5) is 19.0. The van der Waals surface area contributed by atoms with Crippen LogP contribution in [0.2, 0.25) is 0 Å². The lowest BCUT2D eigenvalue weighted by Gasteiger charge is -2.25. The van der Waals surface area contributed by atoms with E-state index >= 15 is 0 Å². The second-order valence-corrected chi connectivity index (χ2v) is 11.9. The third kappa shape index (κ3) is 5.94. The third-order valence-electron chi connectivity index (χ3n) is 6.75. The molecule has 0 aliphatic heterocycles. The van der Waals surface area contributed by atoms with Crippen molar-refractivity contribution in [2.75, 3.05) is 24.8 Å². The first kappa shape index (κ1) is 27.1. The number of sulfone groups is 1. The molecule has 0 spiro atoms. The van der Waals surface area contributed by atoms with Crippen LogP contribution in [0.25, 0.3) is 22.0 Å². The van der Waals surface area contributed by atoms with Gasteiger partial charge in [0.15, 0.2) is 9.84 Å². The highest BCUT2D eigenvalue weighted by Crippen LogP contribution is 2.35. The van der Waals surface area contributed by atoms with Crippen molar-refractivity contribution in [1.82, 2.24) is 4.98 Å². The lowest BCUT2D eigenvalue weighted by atomic mass is 9.82. The summed E-state index contributed by atoms with van der Waals surface area (Å²) in [6.45, 7) is 8.74. The molecule has 0 atom stereocenters. The summed E-state index contributed by atoms with van der Waals surface area (Å²) in [5.74, 6) is -0.386. The van der Waals surface area contributed by atoms with Gasteiger partial charge in [0, 0.05) is 41.0 Å². The molecule has 0 radical (unpaired) electrons. The first-order valence-electron chi connectivity index (χ1n) is 12.3. The van der Waals surface area contributed by atoms with Crippen molar-refractivity contribution in [3.05, 3.63) is 103 Å². The van der Waals surface area contributed by atoms with Crippen LogP contribution < -0.4 is 4.90 Å². The van der Waals surface area contributed by atoms with Crippen LogP contribution in [0.3, 0.4) is 0 Å². The van der Waals surface area contributed by atoms with Crippen LogP contribution in [0.5, 0.6) is 0 Å². The van der Waals surface area contributed by atoms with E-state index < -0.39 is 9.84 Å². The number of ether oxygens (including phenoxy) is 1. The highest BCUT2D eigenvalue weighted by atomic mass is 32.2. The average molecular weight is 529 g/mol. The second-order valence-electron chi connectivity index (χ2n) is 9.92. The van der Waals surface area contributed by atoms with Crippen LogP contribution in [0.15, 0.2) is 96.5 Å². The van der Waals surface area contributed by atoms with E-state index in [1.807, 2.05) is 29.2 Å². The number of benzene rings is 3. The largest absolute Gasteiger partial charge is 0.468 e. The molecule has 4 rings (SSSR count). The Bertz CT molecular complexity index is 1590. The molecule has 0 bridgehead atoms. The van der Waals surface area contributed by atoms with Gasteiger partial charge in [0.25, 0.3) is 0 Å². The SMILES string of the molecule is C=CC(C)(C)c1cc(-c2cccc(CN(CC(=O)OC)c3ccc(S(C)(=O)=O)cc3)c2)c2ncccc2c1. The molecule has 0 aliphatic carbocycles. The third-order valence-corrected chi connectivity index (χ3v) is 7.88. The zero-order chi connectivity index (χ0) is 27.5. The molecule has 0 aliphatic rings. The molecule has 0 amide bonds. The Balaban J connectivity index is 1.75. The fraction of sp³-hybridized carbons (Fsp3) is 0.226. The molecular formula is C31H32N2O4S. The molecule has 0 N–H and O–H groups in total. The molecule has 4 aromatic rings. The Kier molecular flexibility index (Phi) is 7.69. The Labute approximate surface area is 224 Å². The Morgan fingerprint density at radius 3 is 2.45 bits per heavy atom. The van der Waals surface area contributed by atoms with Crippen LogP contribution >= 0.6 is 0 Å². The van der Waals surface area contributed by atoms with Gasteiger partial charge in [-0.15, -0.1) is 6.58 Å². The van der Waals surface area contributed by atoms with Crippen LogP contribution in [0, 0.1) is 0 Å². The van der Waals surface area contributed by atoms with Crippen molar-refractivity contribution in [2.24, 2.45) is 0 Å². The minimum atomic E-state index is -3.32. The summed E-state index contributed by atoms with van der Waals surface area (Å²) in [7, 11) is -1.97. The molecule has 0 saturated carbocycles. The number of esters is 1. The van der Waals surface area contributed by atoms with Gasteiger partial charge in [-0.3, -0.25) is 9.78 Å². The summed E-state index contributed by atoms with van der Waals surface area (Å²) in [6.07, 6.45) is 4.92. The number of hydrogen-bond donors (Lipinski definition) is 0. The molecule has 196 valence electrons. The van der Waals surface area contributed by atoms with E-state index in [2.05, 4.69) is 55.7 Å². The summed E-state index contributed by atoms with van der Waals surface area (Å²) in [6, 6.07) is 23.0. The van der Waals surface area contributed by atoms with Gasteiger partial charge in [-0.1, -0.05) is 44.2 Å². The van der Waals surface area contributed by atoms with E-state index in [0.29, 0.717) is 6.54 Å². The second kappa shape index (κ2) is 10.8. The summed E-state index contributed by atoms with van der Waals surface area (Å²) in [5, 5.41) is 1.05. The van der Waals surface area contributed by atoms with E-state index in [9.17, 15) is 13.2 Å². The van der Waals surface area contributed by atoms with Gasteiger partial charge < -0.3 is 9.64 Å².